The Morgan fingerprint density at radius 2 is 1.82 bits per heavy atom. The summed E-state index contributed by atoms with van der Waals surface area (Å²) in [5, 5.41) is 8.21. The molecule has 2 N–H and O–H groups in total. The second-order valence-corrected chi connectivity index (χ2v) is 8.48. The van der Waals surface area contributed by atoms with Crippen molar-refractivity contribution in [2.75, 3.05) is 22.1 Å². The molecule has 3 amide bonds. The van der Waals surface area contributed by atoms with Crippen LogP contribution in [0.25, 0.3) is 10.7 Å². The van der Waals surface area contributed by atoms with Crippen LogP contribution in [0.5, 0.6) is 0 Å². The first-order valence-electron chi connectivity index (χ1n) is 10.5. The number of thiazole rings is 1. The van der Waals surface area contributed by atoms with Crippen LogP contribution in [0.2, 0.25) is 0 Å². The van der Waals surface area contributed by atoms with E-state index in [0.717, 1.165) is 10.7 Å². The normalized spacial score (nSPS) is 12.6. The molecule has 4 aromatic rings. The summed E-state index contributed by atoms with van der Waals surface area (Å²) in [7, 11) is 0. The molecule has 0 atom stereocenters. The third-order valence-corrected chi connectivity index (χ3v) is 6.12. The number of pyridine rings is 1. The number of benzene rings is 2. The molecule has 2 aromatic heterocycles. The van der Waals surface area contributed by atoms with E-state index in [4.69, 9.17) is 0 Å². The van der Waals surface area contributed by atoms with Crippen molar-refractivity contribution >= 4 is 46.1 Å². The molecule has 0 bridgehead atoms. The SMILES string of the molecule is O=C(Cc1csc(-c2ccccn2)n1)Nc1ccc(C(=O)N2CC(=O)Nc3ccccc32)cc1. The summed E-state index contributed by atoms with van der Waals surface area (Å²) in [5.41, 5.74) is 3.67. The van der Waals surface area contributed by atoms with Crippen LogP contribution in [0.1, 0.15) is 16.1 Å². The van der Waals surface area contributed by atoms with Crippen LogP contribution in [-0.2, 0) is 16.0 Å². The molecule has 0 saturated heterocycles. The van der Waals surface area contributed by atoms with Crippen LogP contribution < -0.4 is 15.5 Å². The topological polar surface area (TPSA) is 104 Å². The third kappa shape index (κ3) is 4.55. The van der Waals surface area contributed by atoms with Crippen molar-refractivity contribution in [1.29, 1.82) is 0 Å². The van der Waals surface area contributed by atoms with E-state index in [1.807, 2.05) is 29.6 Å². The number of fused-ring (bicyclic) bond motifs is 1. The molecule has 9 heteroatoms. The number of aromatic nitrogens is 2. The van der Waals surface area contributed by atoms with E-state index in [-0.39, 0.29) is 30.7 Å². The summed E-state index contributed by atoms with van der Waals surface area (Å²) in [6.07, 6.45) is 1.83. The van der Waals surface area contributed by atoms with Gasteiger partial charge in [0.25, 0.3) is 5.91 Å². The molecular weight excluding hydrogens is 450 g/mol. The third-order valence-electron chi connectivity index (χ3n) is 5.21. The van der Waals surface area contributed by atoms with Crippen LogP contribution in [0.4, 0.5) is 17.1 Å². The first-order chi connectivity index (χ1) is 16.6. The molecular formula is C25H19N5O3S. The number of nitrogens with zero attached hydrogens (tertiary/aromatic N) is 3. The van der Waals surface area contributed by atoms with Gasteiger partial charge in [0.05, 0.1) is 29.2 Å². The monoisotopic (exact) mass is 469 g/mol. The van der Waals surface area contributed by atoms with Gasteiger partial charge in [0.2, 0.25) is 11.8 Å². The lowest BCUT2D eigenvalue weighted by molar-refractivity contribution is -0.116. The van der Waals surface area contributed by atoms with Gasteiger partial charge in [-0.1, -0.05) is 18.2 Å². The number of rotatable bonds is 5. The van der Waals surface area contributed by atoms with Gasteiger partial charge in [-0.25, -0.2) is 4.98 Å². The zero-order valence-corrected chi connectivity index (χ0v) is 18.7. The van der Waals surface area contributed by atoms with Crippen LogP contribution in [-0.4, -0.2) is 34.2 Å². The van der Waals surface area contributed by atoms with E-state index in [9.17, 15) is 14.4 Å². The molecule has 5 rings (SSSR count). The van der Waals surface area contributed by atoms with Crippen molar-refractivity contribution in [2.45, 2.75) is 6.42 Å². The van der Waals surface area contributed by atoms with E-state index in [0.29, 0.717) is 28.3 Å². The molecule has 0 aliphatic carbocycles. The summed E-state index contributed by atoms with van der Waals surface area (Å²) in [6, 6.07) is 19.4. The zero-order valence-electron chi connectivity index (χ0n) is 17.9. The molecule has 2 aromatic carbocycles. The highest BCUT2D eigenvalue weighted by Gasteiger charge is 2.27. The van der Waals surface area contributed by atoms with E-state index >= 15 is 0 Å². The Bertz CT molecular complexity index is 1370. The van der Waals surface area contributed by atoms with E-state index < -0.39 is 0 Å². The number of anilines is 3. The van der Waals surface area contributed by atoms with Gasteiger partial charge in [-0.3, -0.25) is 24.3 Å². The molecule has 168 valence electrons. The van der Waals surface area contributed by atoms with Crippen molar-refractivity contribution in [3.8, 4) is 10.7 Å². The minimum atomic E-state index is -0.287. The van der Waals surface area contributed by atoms with Crippen molar-refractivity contribution in [2.24, 2.45) is 0 Å². The Labute approximate surface area is 199 Å². The molecule has 0 fully saturated rings. The zero-order chi connectivity index (χ0) is 23.5. The fourth-order valence-corrected chi connectivity index (χ4v) is 4.43. The number of carbonyl (C=O) groups is 3. The number of hydrogen-bond donors (Lipinski definition) is 2. The predicted molar refractivity (Wildman–Crippen MR) is 131 cm³/mol. The molecule has 0 unspecified atom stereocenters. The summed E-state index contributed by atoms with van der Waals surface area (Å²) < 4.78 is 0. The van der Waals surface area contributed by atoms with Gasteiger partial charge in [0, 0.05) is 22.8 Å². The van der Waals surface area contributed by atoms with Crippen LogP contribution in [0.15, 0.2) is 78.3 Å². The Kier molecular flexibility index (Phi) is 5.84. The number of hydrogen-bond acceptors (Lipinski definition) is 6. The first-order valence-corrected chi connectivity index (χ1v) is 11.4. The quantitative estimate of drug-likeness (QED) is 0.460. The second kappa shape index (κ2) is 9.24. The molecule has 0 spiro atoms. The maximum Gasteiger partial charge on any atom is 0.258 e. The van der Waals surface area contributed by atoms with Crippen LogP contribution >= 0.6 is 11.3 Å². The lowest BCUT2D eigenvalue weighted by atomic mass is 10.1. The minimum absolute atomic E-state index is 0.0531. The fourth-order valence-electron chi connectivity index (χ4n) is 3.63. The van der Waals surface area contributed by atoms with Crippen LogP contribution in [0.3, 0.4) is 0 Å². The molecule has 34 heavy (non-hydrogen) atoms. The summed E-state index contributed by atoms with van der Waals surface area (Å²) in [6.45, 7) is -0.0531. The van der Waals surface area contributed by atoms with Gasteiger partial charge >= 0.3 is 0 Å². The highest BCUT2D eigenvalue weighted by atomic mass is 32.1. The van der Waals surface area contributed by atoms with Gasteiger partial charge in [0.15, 0.2) is 0 Å². The lowest BCUT2D eigenvalue weighted by Crippen LogP contribution is -2.42. The number of amides is 3. The summed E-state index contributed by atoms with van der Waals surface area (Å²) >= 11 is 1.44. The Hall–Kier alpha value is -4.37. The number of carbonyl (C=O) groups excluding carboxylic acids is 3. The smallest absolute Gasteiger partial charge is 0.258 e. The molecule has 8 nitrogen and oxygen atoms in total. The van der Waals surface area contributed by atoms with Gasteiger partial charge in [-0.15, -0.1) is 11.3 Å². The van der Waals surface area contributed by atoms with E-state index in [1.54, 1.807) is 48.7 Å². The van der Waals surface area contributed by atoms with Crippen molar-refractivity contribution in [3.05, 3.63) is 89.6 Å². The molecule has 0 radical (unpaired) electrons. The molecule has 0 saturated carbocycles. The summed E-state index contributed by atoms with van der Waals surface area (Å²) in [5.74, 6) is -0.743. The fraction of sp³-hybridized carbons (Fsp3) is 0.0800. The highest BCUT2D eigenvalue weighted by molar-refractivity contribution is 7.13. The standard InChI is InChI=1S/C25H19N5O3S/c31-22(13-18-15-34-24(28-18)20-6-3-4-12-26-20)27-17-10-8-16(9-11-17)25(33)30-14-23(32)29-19-5-1-2-7-21(19)30/h1-12,15H,13-14H2,(H,27,31)(H,29,32). The van der Waals surface area contributed by atoms with Crippen molar-refractivity contribution < 1.29 is 14.4 Å². The average Bonchev–Trinajstić information content (AvgIpc) is 3.32. The van der Waals surface area contributed by atoms with Gasteiger partial charge in [-0.2, -0.15) is 0 Å². The van der Waals surface area contributed by atoms with Gasteiger partial charge < -0.3 is 10.6 Å². The second-order valence-electron chi connectivity index (χ2n) is 7.62. The summed E-state index contributed by atoms with van der Waals surface area (Å²) in [4.78, 5) is 47.8. The minimum Gasteiger partial charge on any atom is -0.326 e. The number of para-hydroxylation sites is 2. The maximum absolute atomic E-state index is 13.0. The largest absolute Gasteiger partial charge is 0.326 e. The maximum atomic E-state index is 13.0. The van der Waals surface area contributed by atoms with Gasteiger partial charge in [-0.05, 0) is 48.5 Å². The number of nitrogens with one attached hydrogen (secondary N) is 2. The molecule has 1 aliphatic rings. The van der Waals surface area contributed by atoms with E-state index in [1.165, 1.54) is 16.2 Å². The Morgan fingerprint density at radius 1 is 1.03 bits per heavy atom. The highest BCUT2D eigenvalue weighted by Crippen LogP contribution is 2.30. The average molecular weight is 470 g/mol. The Balaban J connectivity index is 1.23. The van der Waals surface area contributed by atoms with E-state index in [2.05, 4.69) is 20.6 Å². The Morgan fingerprint density at radius 3 is 2.62 bits per heavy atom. The van der Waals surface area contributed by atoms with Crippen LogP contribution in [0, 0.1) is 0 Å². The molecule has 3 heterocycles. The van der Waals surface area contributed by atoms with Gasteiger partial charge in [0.1, 0.15) is 11.6 Å². The molecule has 1 aliphatic heterocycles. The van der Waals surface area contributed by atoms with Crippen molar-refractivity contribution in [1.82, 2.24) is 9.97 Å². The van der Waals surface area contributed by atoms with Crippen molar-refractivity contribution in [3.63, 3.8) is 0 Å². The first kappa shape index (κ1) is 21.5. The predicted octanol–water partition coefficient (Wildman–Crippen LogP) is 3.99. The lowest BCUT2D eigenvalue weighted by Gasteiger charge is -2.29.